The van der Waals surface area contributed by atoms with Gasteiger partial charge in [0.1, 0.15) is 16.5 Å². The van der Waals surface area contributed by atoms with Crippen LogP contribution in [-0.2, 0) is 10.0 Å². The maximum Gasteiger partial charge on any atom is 0.255 e. The Balaban J connectivity index is 2.41. The highest BCUT2D eigenvalue weighted by atomic mass is 32.2. The molecule has 0 aliphatic carbocycles. The van der Waals surface area contributed by atoms with Crippen molar-refractivity contribution in [1.82, 2.24) is 4.31 Å². The molecule has 1 amide bonds. The fourth-order valence-corrected chi connectivity index (χ4v) is 3.25. The number of nitrogens with zero attached hydrogens (tertiary/aromatic N) is 1. The number of ether oxygens (including phenoxy) is 1. The third-order valence-corrected chi connectivity index (χ3v) is 5.46. The van der Waals surface area contributed by atoms with E-state index >= 15 is 0 Å². The van der Waals surface area contributed by atoms with Gasteiger partial charge in [-0.2, -0.15) is 0 Å². The molecule has 0 bridgehead atoms. The normalized spacial score (nSPS) is 11.4. The molecule has 0 aliphatic rings. The van der Waals surface area contributed by atoms with E-state index in [1.807, 2.05) is 0 Å². The second-order valence-corrected chi connectivity index (χ2v) is 7.69. The lowest BCUT2D eigenvalue weighted by Gasteiger charge is -2.16. The monoisotopic (exact) mass is 366 g/mol. The minimum atomic E-state index is -3.78. The standard InChI is InChI=1S/C17H19FN2O4S/c1-11-9-13(18)6-7-14(11)19-17(21)12-5-8-15(24-4)16(10-12)25(22,23)20(2)3/h5-10H,1-4H3,(H,19,21). The molecule has 0 saturated heterocycles. The van der Waals surface area contributed by atoms with Gasteiger partial charge >= 0.3 is 0 Å². The van der Waals surface area contributed by atoms with E-state index in [0.717, 1.165) is 4.31 Å². The topological polar surface area (TPSA) is 75.7 Å². The molecular formula is C17H19FN2O4S. The van der Waals surface area contributed by atoms with Crippen molar-refractivity contribution < 1.29 is 22.3 Å². The van der Waals surface area contributed by atoms with Crippen molar-refractivity contribution in [2.45, 2.75) is 11.8 Å². The highest BCUT2D eigenvalue weighted by molar-refractivity contribution is 7.89. The van der Waals surface area contributed by atoms with Gasteiger partial charge in [0.25, 0.3) is 5.91 Å². The fraction of sp³-hybridized carbons (Fsp3) is 0.235. The van der Waals surface area contributed by atoms with E-state index in [0.29, 0.717) is 11.3 Å². The van der Waals surface area contributed by atoms with Gasteiger partial charge in [0.2, 0.25) is 10.0 Å². The summed E-state index contributed by atoms with van der Waals surface area (Å²) >= 11 is 0. The van der Waals surface area contributed by atoms with E-state index < -0.39 is 21.7 Å². The minimum Gasteiger partial charge on any atom is -0.495 e. The van der Waals surface area contributed by atoms with Gasteiger partial charge in [-0.25, -0.2) is 17.1 Å². The summed E-state index contributed by atoms with van der Waals surface area (Å²) in [5.74, 6) is -0.768. The Labute approximate surface area is 146 Å². The average Bonchev–Trinajstić information content (AvgIpc) is 2.56. The number of sulfonamides is 1. The van der Waals surface area contributed by atoms with Crippen LogP contribution >= 0.6 is 0 Å². The highest BCUT2D eigenvalue weighted by Gasteiger charge is 2.24. The Morgan fingerprint density at radius 1 is 1.16 bits per heavy atom. The molecule has 0 heterocycles. The van der Waals surface area contributed by atoms with Crippen LogP contribution in [0.25, 0.3) is 0 Å². The van der Waals surface area contributed by atoms with Gasteiger partial charge in [0.15, 0.2) is 0 Å². The molecule has 0 saturated carbocycles. The summed E-state index contributed by atoms with van der Waals surface area (Å²) in [5.41, 5.74) is 1.15. The number of carbonyl (C=O) groups is 1. The molecule has 134 valence electrons. The molecule has 2 aromatic rings. The fourth-order valence-electron chi connectivity index (χ4n) is 2.18. The number of anilines is 1. The van der Waals surface area contributed by atoms with Crippen LogP contribution in [0.15, 0.2) is 41.3 Å². The van der Waals surface area contributed by atoms with Gasteiger partial charge in [-0.15, -0.1) is 0 Å². The first kappa shape index (κ1) is 18.9. The first-order valence-electron chi connectivity index (χ1n) is 7.35. The van der Waals surface area contributed by atoms with Crippen LogP contribution in [0.5, 0.6) is 5.75 Å². The van der Waals surface area contributed by atoms with Crippen LogP contribution in [0, 0.1) is 12.7 Å². The predicted octanol–water partition coefficient (Wildman–Crippen LogP) is 2.65. The highest BCUT2D eigenvalue weighted by Crippen LogP contribution is 2.27. The third kappa shape index (κ3) is 3.97. The van der Waals surface area contributed by atoms with E-state index in [9.17, 15) is 17.6 Å². The van der Waals surface area contributed by atoms with Crippen molar-refractivity contribution in [2.24, 2.45) is 0 Å². The van der Waals surface area contributed by atoms with Crippen LogP contribution in [0.3, 0.4) is 0 Å². The van der Waals surface area contributed by atoms with Gasteiger partial charge < -0.3 is 10.1 Å². The Bertz CT molecular complexity index is 911. The predicted molar refractivity (Wildman–Crippen MR) is 93.0 cm³/mol. The Morgan fingerprint density at radius 3 is 2.40 bits per heavy atom. The number of nitrogens with one attached hydrogen (secondary N) is 1. The van der Waals surface area contributed by atoms with Crippen molar-refractivity contribution in [3.05, 3.63) is 53.3 Å². The molecule has 0 radical (unpaired) electrons. The van der Waals surface area contributed by atoms with Gasteiger partial charge in [0.05, 0.1) is 7.11 Å². The summed E-state index contributed by atoms with van der Waals surface area (Å²) in [4.78, 5) is 12.3. The Hall–Kier alpha value is -2.45. The Kier molecular flexibility index (Phi) is 5.44. The van der Waals surface area contributed by atoms with Gasteiger partial charge in [-0.1, -0.05) is 0 Å². The maximum absolute atomic E-state index is 13.2. The summed E-state index contributed by atoms with van der Waals surface area (Å²) in [6.45, 7) is 1.66. The summed E-state index contributed by atoms with van der Waals surface area (Å²) in [5, 5.41) is 2.64. The summed E-state index contributed by atoms with van der Waals surface area (Å²) in [6.07, 6.45) is 0. The molecule has 25 heavy (non-hydrogen) atoms. The molecular weight excluding hydrogens is 347 g/mol. The number of carbonyl (C=O) groups excluding carboxylic acids is 1. The van der Waals surface area contributed by atoms with Crippen molar-refractivity contribution in [1.29, 1.82) is 0 Å². The number of hydrogen-bond donors (Lipinski definition) is 1. The maximum atomic E-state index is 13.2. The van der Waals surface area contributed by atoms with E-state index in [1.165, 1.54) is 57.6 Å². The van der Waals surface area contributed by atoms with Crippen LogP contribution in [0.2, 0.25) is 0 Å². The van der Waals surface area contributed by atoms with Crippen LogP contribution < -0.4 is 10.1 Å². The summed E-state index contributed by atoms with van der Waals surface area (Å²) in [7, 11) is 0.354. The van der Waals surface area contributed by atoms with Crippen LogP contribution in [0.1, 0.15) is 15.9 Å². The molecule has 0 spiro atoms. The summed E-state index contributed by atoms with van der Waals surface area (Å²) < 4.78 is 44.1. The first-order valence-corrected chi connectivity index (χ1v) is 8.79. The number of amides is 1. The van der Waals surface area contributed by atoms with E-state index in [-0.39, 0.29) is 16.2 Å². The molecule has 0 fully saturated rings. The number of benzene rings is 2. The zero-order chi connectivity index (χ0) is 18.8. The molecule has 8 heteroatoms. The van der Waals surface area contributed by atoms with Gasteiger partial charge in [0, 0.05) is 25.3 Å². The zero-order valence-electron chi connectivity index (χ0n) is 14.3. The molecule has 0 unspecified atom stereocenters. The lowest BCUT2D eigenvalue weighted by molar-refractivity contribution is 0.102. The summed E-state index contributed by atoms with van der Waals surface area (Å²) in [6, 6.07) is 8.11. The minimum absolute atomic E-state index is 0.108. The number of methoxy groups -OCH3 is 1. The number of aryl methyl sites for hydroxylation is 1. The number of halogens is 1. The molecule has 2 aromatic carbocycles. The smallest absolute Gasteiger partial charge is 0.255 e. The lowest BCUT2D eigenvalue weighted by atomic mass is 10.1. The van der Waals surface area contributed by atoms with Crippen LogP contribution in [-0.4, -0.2) is 39.8 Å². The number of rotatable bonds is 5. The van der Waals surface area contributed by atoms with Crippen molar-refractivity contribution in [3.63, 3.8) is 0 Å². The molecule has 0 aliphatic heterocycles. The molecule has 1 N–H and O–H groups in total. The van der Waals surface area contributed by atoms with Gasteiger partial charge in [-0.05, 0) is 48.9 Å². The second kappa shape index (κ2) is 7.20. The van der Waals surface area contributed by atoms with Crippen LogP contribution in [0.4, 0.5) is 10.1 Å². The molecule has 6 nitrogen and oxygen atoms in total. The Morgan fingerprint density at radius 2 is 1.84 bits per heavy atom. The molecule has 2 rings (SSSR count). The molecule has 0 atom stereocenters. The lowest BCUT2D eigenvalue weighted by Crippen LogP contribution is -2.23. The van der Waals surface area contributed by atoms with E-state index in [2.05, 4.69) is 5.32 Å². The zero-order valence-corrected chi connectivity index (χ0v) is 15.1. The van der Waals surface area contributed by atoms with E-state index in [1.54, 1.807) is 6.92 Å². The SMILES string of the molecule is COc1ccc(C(=O)Nc2ccc(F)cc2C)cc1S(=O)(=O)N(C)C. The average molecular weight is 366 g/mol. The largest absolute Gasteiger partial charge is 0.495 e. The van der Waals surface area contributed by atoms with Crippen molar-refractivity contribution >= 4 is 21.6 Å². The first-order chi connectivity index (χ1) is 11.7. The van der Waals surface area contributed by atoms with Crippen molar-refractivity contribution in [3.8, 4) is 5.75 Å². The second-order valence-electron chi connectivity index (χ2n) is 5.57. The van der Waals surface area contributed by atoms with Gasteiger partial charge in [-0.3, -0.25) is 4.79 Å². The van der Waals surface area contributed by atoms with E-state index in [4.69, 9.17) is 4.74 Å². The number of hydrogen-bond acceptors (Lipinski definition) is 4. The van der Waals surface area contributed by atoms with Crippen molar-refractivity contribution in [2.75, 3.05) is 26.5 Å². The quantitative estimate of drug-likeness (QED) is 0.883. The molecule has 0 aromatic heterocycles. The third-order valence-electron chi connectivity index (χ3n) is 3.62.